The normalized spacial score (nSPS) is 10.6. The van der Waals surface area contributed by atoms with Gasteiger partial charge in [0.05, 0.1) is 11.2 Å². The Morgan fingerprint density at radius 2 is 2.10 bits per heavy atom. The first kappa shape index (κ1) is 14.8. The van der Waals surface area contributed by atoms with Crippen LogP contribution in [0.15, 0.2) is 36.7 Å². The molecule has 1 aromatic heterocycles. The zero-order valence-electron chi connectivity index (χ0n) is 11.2. The van der Waals surface area contributed by atoms with Crippen LogP contribution >= 0.6 is 11.6 Å². The first-order valence-corrected chi connectivity index (χ1v) is 6.84. The molecule has 0 aliphatic heterocycles. The average Bonchev–Trinajstić information content (AvgIpc) is 2.44. The Labute approximate surface area is 122 Å². The monoisotopic (exact) mass is 294 g/mol. The third-order valence-corrected chi connectivity index (χ3v) is 2.96. The summed E-state index contributed by atoms with van der Waals surface area (Å²) in [5.74, 6) is 0.466. The lowest BCUT2D eigenvalue weighted by Gasteiger charge is -2.08. The van der Waals surface area contributed by atoms with Crippen LogP contribution in [0.1, 0.15) is 18.9 Å². The fourth-order valence-electron chi connectivity index (χ4n) is 1.70. The van der Waals surface area contributed by atoms with Crippen LogP contribution in [0.25, 0.3) is 0 Å². The van der Waals surface area contributed by atoms with Crippen molar-refractivity contribution in [2.24, 2.45) is 0 Å². The highest BCUT2D eigenvalue weighted by Gasteiger charge is 2.04. The summed E-state index contributed by atoms with van der Waals surface area (Å²) in [6.45, 7) is 3.79. The molecule has 0 saturated carbocycles. The van der Waals surface area contributed by atoms with Crippen molar-refractivity contribution >= 4 is 11.6 Å². The molecule has 0 spiro atoms. The summed E-state index contributed by atoms with van der Waals surface area (Å²) in [5, 5.41) is 3.36. The third kappa shape index (κ3) is 4.18. The van der Waals surface area contributed by atoms with Gasteiger partial charge >= 0.3 is 0 Å². The lowest BCUT2D eigenvalue weighted by Crippen LogP contribution is -2.13. The molecule has 3 nitrogen and oxygen atoms in total. The van der Waals surface area contributed by atoms with E-state index in [2.05, 4.69) is 17.2 Å². The van der Waals surface area contributed by atoms with E-state index in [1.807, 2.05) is 6.07 Å². The van der Waals surface area contributed by atoms with Crippen molar-refractivity contribution in [3.05, 3.63) is 53.1 Å². The Morgan fingerprint density at radius 3 is 2.85 bits per heavy atom. The van der Waals surface area contributed by atoms with Gasteiger partial charge in [0.2, 0.25) is 0 Å². The molecular weight excluding hydrogens is 279 g/mol. The lowest BCUT2D eigenvalue weighted by molar-refractivity contribution is 0.473. The first-order valence-electron chi connectivity index (χ1n) is 6.46. The molecule has 0 saturated heterocycles. The van der Waals surface area contributed by atoms with Crippen LogP contribution < -0.4 is 10.1 Å². The summed E-state index contributed by atoms with van der Waals surface area (Å²) in [4.78, 5) is 4.11. The van der Waals surface area contributed by atoms with Crippen LogP contribution in [0.5, 0.6) is 11.5 Å². The lowest BCUT2D eigenvalue weighted by atomic mass is 10.2. The maximum atomic E-state index is 13.3. The molecule has 1 N–H and O–H groups in total. The molecule has 0 bridgehead atoms. The van der Waals surface area contributed by atoms with Crippen LogP contribution in [-0.2, 0) is 6.54 Å². The Morgan fingerprint density at radius 1 is 1.25 bits per heavy atom. The molecule has 0 aliphatic carbocycles. The molecule has 20 heavy (non-hydrogen) atoms. The second-order valence-electron chi connectivity index (χ2n) is 4.38. The van der Waals surface area contributed by atoms with E-state index in [-0.39, 0.29) is 5.02 Å². The molecule has 2 rings (SSSR count). The van der Waals surface area contributed by atoms with Gasteiger partial charge in [0.1, 0.15) is 17.3 Å². The summed E-state index contributed by atoms with van der Waals surface area (Å²) in [6.07, 6.45) is 4.45. The van der Waals surface area contributed by atoms with Crippen molar-refractivity contribution in [1.29, 1.82) is 0 Å². The van der Waals surface area contributed by atoms with Gasteiger partial charge in [-0.3, -0.25) is 4.98 Å². The Hall–Kier alpha value is -1.65. The van der Waals surface area contributed by atoms with Gasteiger partial charge in [-0.2, -0.15) is 0 Å². The van der Waals surface area contributed by atoms with Crippen molar-refractivity contribution in [2.45, 2.75) is 19.9 Å². The number of nitrogens with zero attached hydrogens (tertiary/aromatic N) is 1. The molecule has 0 aliphatic rings. The number of ether oxygens (including phenoxy) is 1. The number of benzene rings is 1. The predicted molar refractivity (Wildman–Crippen MR) is 77.7 cm³/mol. The largest absolute Gasteiger partial charge is 0.456 e. The molecule has 0 radical (unpaired) electrons. The van der Waals surface area contributed by atoms with E-state index in [1.54, 1.807) is 18.5 Å². The van der Waals surface area contributed by atoms with E-state index in [0.29, 0.717) is 11.5 Å². The molecule has 106 valence electrons. The van der Waals surface area contributed by atoms with Gasteiger partial charge in [-0.1, -0.05) is 18.5 Å². The number of hydrogen-bond acceptors (Lipinski definition) is 3. The van der Waals surface area contributed by atoms with E-state index in [1.165, 1.54) is 12.1 Å². The molecule has 2 aromatic rings. The van der Waals surface area contributed by atoms with Gasteiger partial charge in [-0.25, -0.2) is 4.39 Å². The number of rotatable bonds is 6. The SMILES string of the molecule is CCCNCc1cncc(Oc2ccc(Cl)c(F)c2)c1. The fourth-order valence-corrected chi connectivity index (χ4v) is 1.82. The molecule has 5 heteroatoms. The fraction of sp³-hybridized carbons (Fsp3) is 0.267. The van der Waals surface area contributed by atoms with Crippen LogP contribution in [0.3, 0.4) is 0 Å². The summed E-state index contributed by atoms with van der Waals surface area (Å²) in [7, 11) is 0. The van der Waals surface area contributed by atoms with Crippen molar-refractivity contribution in [3.63, 3.8) is 0 Å². The topological polar surface area (TPSA) is 34.2 Å². The van der Waals surface area contributed by atoms with E-state index in [9.17, 15) is 4.39 Å². The maximum absolute atomic E-state index is 13.3. The minimum absolute atomic E-state index is 0.0768. The second kappa shape index (κ2) is 7.22. The van der Waals surface area contributed by atoms with Crippen molar-refractivity contribution < 1.29 is 9.13 Å². The zero-order chi connectivity index (χ0) is 14.4. The average molecular weight is 295 g/mol. The van der Waals surface area contributed by atoms with E-state index in [0.717, 1.165) is 25.1 Å². The number of halogens is 2. The highest BCUT2D eigenvalue weighted by atomic mass is 35.5. The van der Waals surface area contributed by atoms with E-state index in [4.69, 9.17) is 16.3 Å². The van der Waals surface area contributed by atoms with Crippen LogP contribution in [0.2, 0.25) is 5.02 Å². The molecule has 1 aromatic carbocycles. The van der Waals surface area contributed by atoms with Crippen molar-refractivity contribution in [3.8, 4) is 11.5 Å². The highest BCUT2D eigenvalue weighted by molar-refractivity contribution is 6.30. The highest BCUT2D eigenvalue weighted by Crippen LogP contribution is 2.25. The molecule has 0 fully saturated rings. The number of aromatic nitrogens is 1. The Kier molecular flexibility index (Phi) is 5.32. The molecule has 0 unspecified atom stereocenters. The van der Waals surface area contributed by atoms with Gasteiger partial charge in [-0.05, 0) is 36.7 Å². The zero-order valence-corrected chi connectivity index (χ0v) is 12.0. The third-order valence-electron chi connectivity index (χ3n) is 2.65. The first-order chi connectivity index (χ1) is 9.69. The van der Waals surface area contributed by atoms with Gasteiger partial charge < -0.3 is 10.1 Å². The summed E-state index contributed by atoms with van der Waals surface area (Å²) in [5.41, 5.74) is 1.02. The standard InChI is InChI=1S/C15H16ClFN2O/c1-2-5-18-8-11-6-13(10-19-9-11)20-12-3-4-14(16)15(17)7-12/h3-4,6-7,9-10,18H,2,5,8H2,1H3. The predicted octanol–water partition coefficient (Wildman–Crippen LogP) is 4.17. The van der Waals surface area contributed by atoms with Gasteiger partial charge in [0.15, 0.2) is 0 Å². The molecule has 0 atom stereocenters. The molecule has 0 amide bonds. The van der Waals surface area contributed by atoms with Crippen LogP contribution in [-0.4, -0.2) is 11.5 Å². The summed E-state index contributed by atoms with van der Waals surface area (Å²) in [6, 6.07) is 6.21. The van der Waals surface area contributed by atoms with E-state index < -0.39 is 5.82 Å². The van der Waals surface area contributed by atoms with Gasteiger partial charge in [-0.15, -0.1) is 0 Å². The molecular formula is C15H16ClFN2O. The summed E-state index contributed by atoms with van der Waals surface area (Å²) < 4.78 is 18.9. The molecule has 1 heterocycles. The number of hydrogen-bond donors (Lipinski definition) is 1. The minimum Gasteiger partial charge on any atom is -0.456 e. The van der Waals surface area contributed by atoms with Gasteiger partial charge in [0, 0.05) is 18.8 Å². The number of pyridine rings is 1. The Bertz CT molecular complexity index is 578. The quantitative estimate of drug-likeness (QED) is 0.812. The van der Waals surface area contributed by atoms with Crippen molar-refractivity contribution in [2.75, 3.05) is 6.54 Å². The smallest absolute Gasteiger partial charge is 0.146 e. The minimum atomic E-state index is -0.502. The van der Waals surface area contributed by atoms with E-state index >= 15 is 0 Å². The Balaban J connectivity index is 2.05. The van der Waals surface area contributed by atoms with Crippen molar-refractivity contribution in [1.82, 2.24) is 10.3 Å². The maximum Gasteiger partial charge on any atom is 0.146 e. The van der Waals surface area contributed by atoms with Crippen LogP contribution in [0.4, 0.5) is 4.39 Å². The van der Waals surface area contributed by atoms with Crippen LogP contribution in [0, 0.1) is 5.82 Å². The number of nitrogens with one attached hydrogen (secondary N) is 1. The second-order valence-corrected chi connectivity index (χ2v) is 4.79. The summed E-state index contributed by atoms with van der Waals surface area (Å²) >= 11 is 5.63. The van der Waals surface area contributed by atoms with Gasteiger partial charge in [0.25, 0.3) is 0 Å².